The van der Waals surface area contributed by atoms with Gasteiger partial charge in [0, 0.05) is 32.4 Å². The van der Waals surface area contributed by atoms with E-state index in [4.69, 9.17) is 5.11 Å². The molecular formula is C39H75NO6. The van der Waals surface area contributed by atoms with Gasteiger partial charge < -0.3 is 20.2 Å². The first kappa shape index (κ1) is 44.5. The van der Waals surface area contributed by atoms with Crippen LogP contribution >= 0.6 is 0 Å². The molecule has 0 aromatic rings. The van der Waals surface area contributed by atoms with Gasteiger partial charge in [0.05, 0.1) is 6.10 Å². The fourth-order valence-electron chi connectivity index (χ4n) is 6.72. The van der Waals surface area contributed by atoms with Crippen molar-refractivity contribution in [3.05, 3.63) is 0 Å². The van der Waals surface area contributed by atoms with Crippen molar-refractivity contribution in [3.63, 3.8) is 0 Å². The summed E-state index contributed by atoms with van der Waals surface area (Å²) >= 11 is 0. The molecule has 1 saturated heterocycles. The number of aliphatic carboxylic acids is 1. The number of carboxylic acid groups (broad SMARTS) is 1. The Morgan fingerprint density at radius 1 is 0.565 bits per heavy atom. The zero-order chi connectivity index (χ0) is 34.3. The Morgan fingerprint density at radius 3 is 1.20 bits per heavy atom. The quantitative estimate of drug-likeness (QED) is 0.0525. The highest BCUT2D eigenvalue weighted by molar-refractivity contribution is 6.10. The summed E-state index contributed by atoms with van der Waals surface area (Å²) in [6, 6.07) is 0. The van der Waals surface area contributed by atoms with Crippen molar-refractivity contribution in [1.29, 1.82) is 0 Å². The molecule has 2 atom stereocenters. The minimum Gasteiger partial charge on any atom is -0.479 e. The van der Waals surface area contributed by atoms with E-state index in [2.05, 4.69) is 13.8 Å². The molecule has 46 heavy (non-hydrogen) atoms. The van der Waals surface area contributed by atoms with Crippen molar-refractivity contribution in [1.82, 2.24) is 4.90 Å². The highest BCUT2D eigenvalue weighted by atomic mass is 16.4. The lowest BCUT2D eigenvalue weighted by molar-refractivity contribution is -0.162. The normalized spacial score (nSPS) is 17.6. The molecule has 7 nitrogen and oxygen atoms in total. The van der Waals surface area contributed by atoms with Crippen LogP contribution in [-0.2, 0) is 14.4 Å². The molecule has 0 radical (unpaired) electrons. The lowest BCUT2D eigenvalue weighted by Gasteiger charge is -2.33. The van der Waals surface area contributed by atoms with E-state index in [1.54, 1.807) is 6.92 Å². The molecule has 0 spiro atoms. The first-order valence-electron chi connectivity index (χ1n) is 19.7. The van der Waals surface area contributed by atoms with E-state index in [-0.39, 0.29) is 38.3 Å². The van der Waals surface area contributed by atoms with Gasteiger partial charge in [-0.3, -0.25) is 9.59 Å². The van der Waals surface area contributed by atoms with Crippen LogP contribution in [0.3, 0.4) is 0 Å². The van der Waals surface area contributed by atoms with Crippen LogP contribution in [0.4, 0.5) is 0 Å². The molecule has 0 aromatic carbocycles. The third kappa shape index (κ3) is 20.7. The van der Waals surface area contributed by atoms with Gasteiger partial charge in [0.1, 0.15) is 0 Å². The number of β-amino-alcohol motifs (C(OH)–C–C–N with tert-alkyl or cyclic N) is 1. The zero-order valence-corrected chi connectivity index (χ0v) is 30.5. The van der Waals surface area contributed by atoms with Gasteiger partial charge in [0.25, 0.3) is 0 Å². The minimum atomic E-state index is -1.90. The second-order valence-electron chi connectivity index (χ2n) is 13.8. The first-order chi connectivity index (χ1) is 22.3. The van der Waals surface area contributed by atoms with E-state index in [1.807, 2.05) is 0 Å². The number of amides is 1. The molecule has 0 aromatic heterocycles. The van der Waals surface area contributed by atoms with Crippen LogP contribution < -0.4 is 0 Å². The molecule has 1 aliphatic rings. The summed E-state index contributed by atoms with van der Waals surface area (Å²) in [4.78, 5) is 40.0. The van der Waals surface area contributed by atoms with E-state index < -0.39 is 23.4 Å². The zero-order valence-electron chi connectivity index (χ0n) is 30.5. The number of aliphatic hydroxyl groups excluding tert-OH is 2. The predicted molar refractivity (Wildman–Crippen MR) is 191 cm³/mol. The Balaban J connectivity index is 0.00000647. The van der Waals surface area contributed by atoms with Crippen LogP contribution in [0.1, 0.15) is 207 Å². The number of nitrogens with zero attached hydrogens (tertiary/aromatic N) is 1. The summed E-state index contributed by atoms with van der Waals surface area (Å²) in [5.41, 5.74) is -1.90. The van der Waals surface area contributed by atoms with Gasteiger partial charge >= 0.3 is 5.97 Å². The number of unbranched alkanes of at least 4 members (excludes halogenated alkanes) is 24. The molecular weight excluding hydrogens is 578 g/mol. The summed E-state index contributed by atoms with van der Waals surface area (Å²) in [6.07, 6.45) is 30.6. The second kappa shape index (κ2) is 30.8. The Labute approximate surface area is 283 Å². The van der Waals surface area contributed by atoms with Gasteiger partial charge in [0.15, 0.2) is 5.78 Å². The highest BCUT2D eigenvalue weighted by Crippen LogP contribution is 2.34. The predicted octanol–water partition coefficient (Wildman–Crippen LogP) is 9.93. The number of hydrogen-bond acceptors (Lipinski definition) is 5. The first-order valence-corrected chi connectivity index (χ1v) is 19.7. The summed E-state index contributed by atoms with van der Waals surface area (Å²) in [5.74, 6) is -2.01. The molecule has 1 heterocycles. The van der Waals surface area contributed by atoms with E-state index in [0.29, 0.717) is 12.8 Å². The molecule has 0 saturated carbocycles. The number of carboxylic acids is 1. The van der Waals surface area contributed by atoms with Crippen LogP contribution in [0.5, 0.6) is 0 Å². The Morgan fingerprint density at radius 2 is 0.870 bits per heavy atom. The van der Waals surface area contributed by atoms with Gasteiger partial charge in [-0.15, -0.1) is 0 Å². The molecule has 0 aliphatic carbocycles. The number of aliphatic hydroxyl groups is 2. The maximum Gasteiger partial charge on any atom is 0.337 e. The van der Waals surface area contributed by atoms with Crippen LogP contribution in [0.2, 0.25) is 0 Å². The summed E-state index contributed by atoms with van der Waals surface area (Å²) in [7, 11) is 0. The second-order valence-corrected chi connectivity index (χ2v) is 13.8. The van der Waals surface area contributed by atoms with Gasteiger partial charge in [0.2, 0.25) is 11.4 Å². The molecule has 7 heteroatoms. The average molecular weight is 654 g/mol. The summed E-state index contributed by atoms with van der Waals surface area (Å²) in [6.45, 7) is 6.36. The Bertz CT molecular complexity index is 744. The number of carbonyl (C=O) groups is 3. The topological polar surface area (TPSA) is 115 Å². The molecule has 0 bridgehead atoms. The van der Waals surface area contributed by atoms with Crippen molar-refractivity contribution in [2.75, 3.05) is 13.2 Å². The van der Waals surface area contributed by atoms with Crippen molar-refractivity contribution < 1.29 is 29.7 Å². The number of likely N-dealkylation sites (tertiary alicyclic amines) is 1. The number of ketones is 1. The smallest absolute Gasteiger partial charge is 0.337 e. The molecule has 1 amide bonds. The van der Waals surface area contributed by atoms with Crippen molar-refractivity contribution in [2.45, 2.75) is 219 Å². The molecule has 0 unspecified atom stereocenters. The maximum absolute atomic E-state index is 13.3. The van der Waals surface area contributed by atoms with E-state index in [9.17, 15) is 24.6 Å². The van der Waals surface area contributed by atoms with Crippen LogP contribution in [0.15, 0.2) is 0 Å². The number of rotatable bonds is 30. The average Bonchev–Trinajstić information content (AvgIpc) is 3.40. The standard InChI is InChI=1S/C37H69NO5.C2H6O/c1-3-5-7-9-11-13-15-17-19-21-23-25-27-29-34(40)37(36(42)43)31-33(39)32-38(37)35(41)30-28-26-24-22-20-18-16-14-12-10-8-6-4-2;1-2-3/h33,39H,3-32H2,1-2H3,(H,42,43);3H,2H2,1H3/t33-,37-;/m1./s1. The highest BCUT2D eigenvalue weighted by Gasteiger charge is 2.57. The molecule has 1 fully saturated rings. The summed E-state index contributed by atoms with van der Waals surface area (Å²) in [5, 5.41) is 28.0. The van der Waals surface area contributed by atoms with Gasteiger partial charge in [-0.2, -0.15) is 0 Å². The molecule has 1 aliphatic heterocycles. The molecule has 272 valence electrons. The van der Waals surface area contributed by atoms with E-state index in [0.717, 1.165) is 32.1 Å². The largest absolute Gasteiger partial charge is 0.479 e. The lowest BCUT2D eigenvalue weighted by Crippen LogP contribution is -2.58. The Kier molecular flexibility index (Phi) is 29.9. The van der Waals surface area contributed by atoms with Gasteiger partial charge in [-0.25, -0.2) is 4.79 Å². The summed E-state index contributed by atoms with van der Waals surface area (Å²) < 4.78 is 0. The fraction of sp³-hybridized carbons (Fsp3) is 0.923. The number of carbonyl (C=O) groups excluding carboxylic acids is 2. The van der Waals surface area contributed by atoms with Crippen LogP contribution in [0.25, 0.3) is 0 Å². The minimum absolute atomic E-state index is 0.0616. The molecule has 3 N–H and O–H groups in total. The van der Waals surface area contributed by atoms with Crippen LogP contribution in [-0.4, -0.2) is 62.7 Å². The van der Waals surface area contributed by atoms with Gasteiger partial charge in [-0.1, -0.05) is 168 Å². The molecule has 1 rings (SSSR count). The lowest BCUT2D eigenvalue weighted by atomic mass is 9.86. The van der Waals surface area contributed by atoms with Crippen molar-refractivity contribution in [2.24, 2.45) is 0 Å². The maximum atomic E-state index is 13.3. The van der Waals surface area contributed by atoms with Gasteiger partial charge in [-0.05, 0) is 19.8 Å². The SMILES string of the molecule is CCCCCCCCCCCCCCCC(=O)N1C[C@H](O)C[C@]1(C(=O)O)C(=O)CCCCCCCCCCCCCCC.CCO. The van der Waals surface area contributed by atoms with E-state index >= 15 is 0 Å². The Hall–Kier alpha value is -1.47. The third-order valence-corrected chi connectivity index (χ3v) is 9.50. The number of Topliss-reactive ketones (excluding diaryl/α,β-unsaturated/α-hetero) is 1. The third-order valence-electron chi connectivity index (χ3n) is 9.50. The van der Waals surface area contributed by atoms with E-state index in [1.165, 1.54) is 127 Å². The number of hydrogen-bond donors (Lipinski definition) is 3. The van der Waals surface area contributed by atoms with Crippen LogP contribution in [0, 0.1) is 0 Å². The van der Waals surface area contributed by atoms with Crippen molar-refractivity contribution >= 4 is 17.7 Å². The van der Waals surface area contributed by atoms with Crippen molar-refractivity contribution in [3.8, 4) is 0 Å². The fourth-order valence-corrected chi connectivity index (χ4v) is 6.72. The monoisotopic (exact) mass is 654 g/mol.